The summed E-state index contributed by atoms with van der Waals surface area (Å²) in [5.74, 6) is -1.46. The summed E-state index contributed by atoms with van der Waals surface area (Å²) in [7, 11) is 0. The maximum Gasteiger partial charge on any atom is 0.255 e. The standard InChI is InChI=1S/C25H22ClN3O3/c1-16-14-21(24(31)27-18-7-5-17(26)6-8-18)22(15-16)25(32)28-19-9-11-20(12-10-19)29-13-3-2-4-23(29)30/h2-13,21-22H,1,14-15H2,(H,27,31)(H,28,32)/t21-,22-/m0/s1. The minimum Gasteiger partial charge on any atom is -0.326 e. The molecule has 32 heavy (non-hydrogen) atoms. The Bertz CT molecular complexity index is 1220. The minimum absolute atomic E-state index is 0.136. The molecule has 4 rings (SSSR count). The Morgan fingerprint density at radius 2 is 1.38 bits per heavy atom. The van der Waals surface area contributed by atoms with E-state index in [2.05, 4.69) is 17.2 Å². The average molecular weight is 448 g/mol. The number of hydrogen-bond donors (Lipinski definition) is 2. The van der Waals surface area contributed by atoms with Crippen LogP contribution < -0.4 is 16.2 Å². The van der Waals surface area contributed by atoms with Crippen molar-refractivity contribution in [2.75, 3.05) is 10.6 Å². The lowest BCUT2D eigenvalue weighted by atomic mass is 9.94. The van der Waals surface area contributed by atoms with Crippen molar-refractivity contribution in [1.29, 1.82) is 0 Å². The number of nitrogens with one attached hydrogen (secondary N) is 2. The van der Waals surface area contributed by atoms with Gasteiger partial charge in [0.25, 0.3) is 5.56 Å². The molecule has 6 nitrogen and oxygen atoms in total. The van der Waals surface area contributed by atoms with E-state index < -0.39 is 11.8 Å². The molecule has 1 aromatic heterocycles. The van der Waals surface area contributed by atoms with Gasteiger partial charge in [-0.15, -0.1) is 0 Å². The number of hydrogen-bond acceptors (Lipinski definition) is 3. The summed E-state index contributed by atoms with van der Waals surface area (Å²) < 4.78 is 1.52. The molecular weight excluding hydrogens is 426 g/mol. The van der Waals surface area contributed by atoms with Crippen LogP contribution in [-0.2, 0) is 9.59 Å². The van der Waals surface area contributed by atoms with Crippen LogP contribution >= 0.6 is 11.6 Å². The summed E-state index contributed by atoms with van der Waals surface area (Å²) in [4.78, 5) is 37.8. The van der Waals surface area contributed by atoms with Crippen LogP contribution in [0, 0.1) is 11.8 Å². The lowest BCUT2D eigenvalue weighted by Crippen LogP contribution is -2.33. The molecule has 1 fully saturated rings. The quantitative estimate of drug-likeness (QED) is 0.558. The average Bonchev–Trinajstić information content (AvgIpc) is 3.18. The molecule has 1 heterocycles. The first-order valence-corrected chi connectivity index (χ1v) is 10.6. The zero-order valence-electron chi connectivity index (χ0n) is 17.3. The second-order valence-electron chi connectivity index (χ2n) is 7.81. The second kappa shape index (κ2) is 9.24. The molecule has 2 atom stereocenters. The molecular formula is C25H22ClN3O3. The Balaban J connectivity index is 1.45. The van der Waals surface area contributed by atoms with Gasteiger partial charge in [0.2, 0.25) is 11.8 Å². The van der Waals surface area contributed by atoms with Gasteiger partial charge in [-0.05, 0) is 67.4 Å². The number of carbonyl (C=O) groups is 2. The third-order valence-corrected chi connectivity index (χ3v) is 5.78. The van der Waals surface area contributed by atoms with E-state index in [1.807, 2.05) is 0 Å². The van der Waals surface area contributed by atoms with Crippen LogP contribution in [0.3, 0.4) is 0 Å². The number of carbonyl (C=O) groups excluding carboxylic acids is 2. The van der Waals surface area contributed by atoms with Gasteiger partial charge in [-0.1, -0.05) is 29.8 Å². The number of rotatable bonds is 5. The number of halogens is 1. The minimum atomic E-state index is -0.508. The zero-order valence-corrected chi connectivity index (χ0v) is 18.0. The fourth-order valence-electron chi connectivity index (χ4n) is 3.89. The van der Waals surface area contributed by atoms with Gasteiger partial charge >= 0.3 is 0 Å². The number of aromatic nitrogens is 1. The molecule has 162 valence electrons. The molecule has 2 N–H and O–H groups in total. The molecule has 0 unspecified atom stereocenters. The molecule has 1 aliphatic carbocycles. The highest BCUT2D eigenvalue weighted by molar-refractivity contribution is 6.30. The lowest BCUT2D eigenvalue weighted by molar-refractivity contribution is -0.128. The summed E-state index contributed by atoms with van der Waals surface area (Å²) in [6.45, 7) is 3.99. The summed E-state index contributed by atoms with van der Waals surface area (Å²) in [5, 5.41) is 6.33. The van der Waals surface area contributed by atoms with Gasteiger partial charge in [-0.2, -0.15) is 0 Å². The first kappa shape index (κ1) is 21.6. The number of allylic oxidation sites excluding steroid dienone is 1. The van der Waals surface area contributed by atoms with Crippen LogP contribution in [0.5, 0.6) is 0 Å². The van der Waals surface area contributed by atoms with E-state index in [1.54, 1.807) is 66.9 Å². The summed E-state index contributed by atoms with van der Waals surface area (Å²) in [6.07, 6.45) is 2.61. The SMILES string of the molecule is C=C1C[C@H](C(=O)Nc2ccc(Cl)cc2)[C@@H](C(=O)Nc2ccc(-n3ccccc3=O)cc2)C1. The highest BCUT2D eigenvalue weighted by Crippen LogP contribution is 2.37. The highest BCUT2D eigenvalue weighted by Gasteiger charge is 2.39. The summed E-state index contributed by atoms with van der Waals surface area (Å²) >= 11 is 5.89. The highest BCUT2D eigenvalue weighted by atomic mass is 35.5. The molecule has 1 saturated carbocycles. The third kappa shape index (κ3) is 4.81. The van der Waals surface area contributed by atoms with Crippen molar-refractivity contribution in [1.82, 2.24) is 4.57 Å². The maximum atomic E-state index is 13.0. The van der Waals surface area contributed by atoms with Crippen molar-refractivity contribution >= 4 is 34.8 Å². The molecule has 1 aliphatic rings. The van der Waals surface area contributed by atoms with E-state index in [4.69, 9.17) is 11.6 Å². The largest absolute Gasteiger partial charge is 0.326 e. The molecule has 7 heteroatoms. The van der Waals surface area contributed by atoms with Crippen molar-refractivity contribution in [3.05, 3.63) is 100 Å². The molecule has 2 aromatic carbocycles. The van der Waals surface area contributed by atoms with E-state index in [9.17, 15) is 14.4 Å². The van der Waals surface area contributed by atoms with Gasteiger partial charge < -0.3 is 10.6 Å². The fourth-order valence-corrected chi connectivity index (χ4v) is 4.02. The Morgan fingerprint density at radius 1 is 0.844 bits per heavy atom. The normalized spacial score (nSPS) is 17.7. The Hall–Kier alpha value is -3.64. The summed E-state index contributed by atoms with van der Waals surface area (Å²) in [6, 6.07) is 18.8. The van der Waals surface area contributed by atoms with Gasteiger partial charge in [0.1, 0.15) is 0 Å². The topological polar surface area (TPSA) is 80.2 Å². The third-order valence-electron chi connectivity index (χ3n) is 5.52. The monoisotopic (exact) mass is 447 g/mol. The van der Waals surface area contributed by atoms with Crippen LogP contribution in [-0.4, -0.2) is 16.4 Å². The fraction of sp³-hybridized carbons (Fsp3) is 0.160. The van der Waals surface area contributed by atoms with Crippen LogP contribution in [0.25, 0.3) is 5.69 Å². The van der Waals surface area contributed by atoms with Crippen LogP contribution in [0.15, 0.2) is 89.9 Å². The van der Waals surface area contributed by atoms with Gasteiger partial charge in [0.15, 0.2) is 0 Å². The second-order valence-corrected chi connectivity index (χ2v) is 8.25. The molecule has 3 aromatic rings. The number of anilines is 2. The first-order chi connectivity index (χ1) is 15.4. The molecule has 0 spiro atoms. The van der Waals surface area contributed by atoms with E-state index in [0.29, 0.717) is 34.9 Å². The molecule has 0 bridgehead atoms. The zero-order chi connectivity index (χ0) is 22.7. The number of benzene rings is 2. The molecule has 2 amide bonds. The van der Waals surface area contributed by atoms with Crippen LogP contribution in [0.1, 0.15) is 12.8 Å². The van der Waals surface area contributed by atoms with E-state index in [0.717, 1.165) is 5.57 Å². The van der Waals surface area contributed by atoms with Crippen molar-refractivity contribution in [3.8, 4) is 5.69 Å². The van der Waals surface area contributed by atoms with Crippen LogP contribution in [0.4, 0.5) is 11.4 Å². The Morgan fingerprint density at radius 3 is 1.91 bits per heavy atom. The lowest BCUT2D eigenvalue weighted by Gasteiger charge is -2.19. The van der Waals surface area contributed by atoms with Gasteiger partial charge in [-0.25, -0.2) is 0 Å². The van der Waals surface area contributed by atoms with Gasteiger partial charge in [0.05, 0.1) is 11.8 Å². The predicted octanol–water partition coefficient (Wildman–Crippen LogP) is 4.65. The van der Waals surface area contributed by atoms with Crippen molar-refractivity contribution in [2.24, 2.45) is 11.8 Å². The smallest absolute Gasteiger partial charge is 0.255 e. The van der Waals surface area contributed by atoms with Crippen LogP contribution in [0.2, 0.25) is 5.02 Å². The molecule has 0 saturated heterocycles. The Kier molecular flexibility index (Phi) is 6.23. The van der Waals surface area contributed by atoms with Crippen molar-refractivity contribution in [3.63, 3.8) is 0 Å². The van der Waals surface area contributed by atoms with E-state index >= 15 is 0 Å². The molecule has 0 radical (unpaired) electrons. The van der Waals surface area contributed by atoms with E-state index in [-0.39, 0.29) is 17.4 Å². The maximum absolute atomic E-state index is 13.0. The summed E-state index contributed by atoms with van der Waals surface area (Å²) in [5.41, 5.74) is 2.66. The van der Waals surface area contributed by atoms with Gasteiger partial charge in [0, 0.05) is 34.3 Å². The van der Waals surface area contributed by atoms with E-state index in [1.165, 1.54) is 10.6 Å². The van der Waals surface area contributed by atoms with Crippen molar-refractivity contribution < 1.29 is 9.59 Å². The van der Waals surface area contributed by atoms with Gasteiger partial charge in [-0.3, -0.25) is 19.0 Å². The number of amides is 2. The number of nitrogens with zero attached hydrogens (tertiary/aromatic N) is 1. The number of pyridine rings is 1. The van der Waals surface area contributed by atoms with Crippen molar-refractivity contribution in [2.45, 2.75) is 12.8 Å². The first-order valence-electron chi connectivity index (χ1n) is 10.2. The molecule has 0 aliphatic heterocycles. The Labute approximate surface area is 190 Å². The predicted molar refractivity (Wildman–Crippen MR) is 126 cm³/mol.